The molecule has 1 aromatic rings. The van der Waals surface area contributed by atoms with Crippen molar-refractivity contribution in [1.29, 1.82) is 0 Å². The SMILES string of the molecule is C[C@H]1CCCCN1c1cc(C(=O)N(C)CC(=O)O)ccn1. The van der Waals surface area contributed by atoms with E-state index >= 15 is 0 Å². The van der Waals surface area contributed by atoms with E-state index in [0.717, 1.165) is 25.2 Å². The number of aromatic nitrogens is 1. The van der Waals surface area contributed by atoms with Gasteiger partial charge < -0.3 is 14.9 Å². The zero-order valence-corrected chi connectivity index (χ0v) is 12.5. The van der Waals surface area contributed by atoms with Crippen molar-refractivity contribution in [3.63, 3.8) is 0 Å². The van der Waals surface area contributed by atoms with Gasteiger partial charge in [0.15, 0.2) is 0 Å². The molecule has 1 aliphatic heterocycles. The highest BCUT2D eigenvalue weighted by atomic mass is 16.4. The number of anilines is 1. The van der Waals surface area contributed by atoms with Crippen LogP contribution in [-0.2, 0) is 4.79 Å². The third-order valence-corrected chi connectivity index (χ3v) is 3.81. The summed E-state index contributed by atoms with van der Waals surface area (Å²) in [5, 5.41) is 8.76. The molecule has 2 rings (SSSR count). The monoisotopic (exact) mass is 291 g/mol. The predicted octanol–water partition coefficient (Wildman–Crippen LogP) is 1.62. The maximum absolute atomic E-state index is 12.2. The van der Waals surface area contributed by atoms with Crippen molar-refractivity contribution in [3.8, 4) is 0 Å². The van der Waals surface area contributed by atoms with E-state index < -0.39 is 5.97 Å². The number of piperidine rings is 1. The number of carbonyl (C=O) groups excluding carboxylic acids is 1. The Hall–Kier alpha value is -2.11. The highest BCUT2D eigenvalue weighted by Gasteiger charge is 2.21. The third kappa shape index (κ3) is 3.71. The maximum Gasteiger partial charge on any atom is 0.323 e. The molecule has 1 N–H and O–H groups in total. The average Bonchev–Trinajstić information content (AvgIpc) is 2.46. The number of carboxylic acids is 1. The van der Waals surface area contributed by atoms with Crippen LogP contribution in [0.25, 0.3) is 0 Å². The Labute approximate surface area is 124 Å². The van der Waals surface area contributed by atoms with Crippen molar-refractivity contribution >= 4 is 17.7 Å². The van der Waals surface area contributed by atoms with Crippen LogP contribution in [0.5, 0.6) is 0 Å². The molecule has 2 heterocycles. The molecule has 1 amide bonds. The summed E-state index contributed by atoms with van der Waals surface area (Å²) in [6.45, 7) is 2.79. The van der Waals surface area contributed by atoms with Crippen LogP contribution in [0.2, 0.25) is 0 Å². The number of carboxylic acid groups (broad SMARTS) is 1. The van der Waals surface area contributed by atoms with Crippen LogP contribution in [0.4, 0.5) is 5.82 Å². The molecule has 0 unspecified atom stereocenters. The zero-order chi connectivity index (χ0) is 15.4. The molecular formula is C15H21N3O3. The molecule has 0 radical (unpaired) electrons. The van der Waals surface area contributed by atoms with Gasteiger partial charge in [0.05, 0.1) is 0 Å². The van der Waals surface area contributed by atoms with Crippen LogP contribution in [0.15, 0.2) is 18.3 Å². The fraction of sp³-hybridized carbons (Fsp3) is 0.533. The second-order valence-corrected chi connectivity index (χ2v) is 5.50. The Morgan fingerprint density at radius 3 is 2.90 bits per heavy atom. The molecular weight excluding hydrogens is 270 g/mol. The normalized spacial score (nSPS) is 18.4. The summed E-state index contributed by atoms with van der Waals surface area (Å²) in [6.07, 6.45) is 5.08. The van der Waals surface area contributed by atoms with Gasteiger partial charge in [-0.1, -0.05) is 0 Å². The zero-order valence-electron chi connectivity index (χ0n) is 12.5. The molecule has 6 heteroatoms. The van der Waals surface area contributed by atoms with E-state index in [4.69, 9.17) is 5.11 Å². The first kappa shape index (κ1) is 15.3. The number of aliphatic carboxylic acids is 1. The summed E-state index contributed by atoms with van der Waals surface area (Å²) < 4.78 is 0. The number of pyridine rings is 1. The number of rotatable bonds is 4. The molecule has 1 atom stereocenters. The van der Waals surface area contributed by atoms with Crippen LogP contribution in [-0.4, -0.2) is 53.0 Å². The lowest BCUT2D eigenvalue weighted by molar-refractivity contribution is -0.137. The minimum atomic E-state index is -1.02. The van der Waals surface area contributed by atoms with Gasteiger partial charge in [-0.3, -0.25) is 9.59 Å². The smallest absolute Gasteiger partial charge is 0.323 e. The molecule has 0 aromatic carbocycles. The summed E-state index contributed by atoms with van der Waals surface area (Å²) in [4.78, 5) is 30.7. The lowest BCUT2D eigenvalue weighted by Gasteiger charge is -2.34. The second-order valence-electron chi connectivity index (χ2n) is 5.50. The molecule has 0 saturated carbocycles. The highest BCUT2D eigenvalue weighted by Crippen LogP contribution is 2.23. The highest BCUT2D eigenvalue weighted by molar-refractivity contribution is 5.96. The molecule has 21 heavy (non-hydrogen) atoms. The summed E-state index contributed by atoms with van der Waals surface area (Å²) >= 11 is 0. The second kappa shape index (κ2) is 6.56. The van der Waals surface area contributed by atoms with Crippen LogP contribution in [0.3, 0.4) is 0 Å². The molecule has 1 aliphatic rings. The van der Waals surface area contributed by atoms with Gasteiger partial charge in [0, 0.05) is 31.4 Å². The summed E-state index contributed by atoms with van der Waals surface area (Å²) in [5.41, 5.74) is 0.474. The van der Waals surface area contributed by atoms with Gasteiger partial charge in [0.1, 0.15) is 12.4 Å². The molecule has 0 bridgehead atoms. The minimum Gasteiger partial charge on any atom is -0.480 e. The van der Waals surface area contributed by atoms with E-state index in [-0.39, 0.29) is 12.5 Å². The molecule has 0 aliphatic carbocycles. The van der Waals surface area contributed by atoms with Gasteiger partial charge in [-0.25, -0.2) is 4.98 Å². The number of carbonyl (C=O) groups is 2. The van der Waals surface area contributed by atoms with E-state index in [2.05, 4.69) is 16.8 Å². The van der Waals surface area contributed by atoms with Gasteiger partial charge in [-0.15, -0.1) is 0 Å². The Morgan fingerprint density at radius 1 is 1.48 bits per heavy atom. The van der Waals surface area contributed by atoms with Crippen LogP contribution >= 0.6 is 0 Å². The number of hydrogen-bond donors (Lipinski definition) is 1. The van der Waals surface area contributed by atoms with E-state index in [1.165, 1.54) is 18.4 Å². The number of likely N-dealkylation sites (N-methyl/N-ethyl adjacent to an activating group) is 1. The molecule has 114 valence electrons. The topological polar surface area (TPSA) is 73.7 Å². The minimum absolute atomic E-state index is 0.300. The van der Waals surface area contributed by atoms with Crippen molar-refractivity contribution < 1.29 is 14.7 Å². The fourth-order valence-electron chi connectivity index (χ4n) is 2.64. The fourth-order valence-corrected chi connectivity index (χ4v) is 2.64. The molecule has 1 aromatic heterocycles. The number of amides is 1. The van der Waals surface area contributed by atoms with Crippen LogP contribution in [0, 0.1) is 0 Å². The number of nitrogens with zero attached hydrogens (tertiary/aromatic N) is 3. The van der Waals surface area contributed by atoms with Gasteiger partial charge in [0.2, 0.25) is 0 Å². The summed E-state index contributed by atoms with van der Waals surface area (Å²) in [5.74, 6) is -0.535. The van der Waals surface area contributed by atoms with Gasteiger partial charge in [0.25, 0.3) is 5.91 Å². The predicted molar refractivity (Wildman–Crippen MR) is 79.5 cm³/mol. The van der Waals surface area contributed by atoms with E-state index in [1.54, 1.807) is 18.3 Å². The van der Waals surface area contributed by atoms with Gasteiger partial charge in [-0.2, -0.15) is 0 Å². The van der Waals surface area contributed by atoms with Gasteiger partial charge in [-0.05, 0) is 38.3 Å². The number of hydrogen-bond acceptors (Lipinski definition) is 4. The molecule has 0 spiro atoms. The summed E-state index contributed by atoms with van der Waals surface area (Å²) in [6, 6.07) is 3.79. The Morgan fingerprint density at radius 2 is 2.24 bits per heavy atom. The first-order valence-electron chi connectivity index (χ1n) is 7.19. The van der Waals surface area contributed by atoms with Crippen molar-refractivity contribution in [2.24, 2.45) is 0 Å². The first-order valence-corrected chi connectivity index (χ1v) is 7.19. The van der Waals surface area contributed by atoms with Crippen molar-refractivity contribution in [2.45, 2.75) is 32.2 Å². The molecule has 1 fully saturated rings. The lowest BCUT2D eigenvalue weighted by Crippen LogP contribution is -2.38. The Bertz CT molecular complexity index is 533. The van der Waals surface area contributed by atoms with E-state index in [1.807, 2.05) is 0 Å². The summed E-state index contributed by atoms with van der Waals surface area (Å²) in [7, 11) is 1.49. The maximum atomic E-state index is 12.2. The Kier molecular flexibility index (Phi) is 4.77. The van der Waals surface area contributed by atoms with Crippen LogP contribution in [0.1, 0.15) is 36.5 Å². The Balaban J connectivity index is 2.17. The third-order valence-electron chi connectivity index (χ3n) is 3.81. The van der Waals surface area contributed by atoms with Gasteiger partial charge >= 0.3 is 5.97 Å². The average molecular weight is 291 g/mol. The molecule has 1 saturated heterocycles. The van der Waals surface area contributed by atoms with Crippen molar-refractivity contribution in [2.75, 3.05) is 25.0 Å². The molecule has 6 nitrogen and oxygen atoms in total. The first-order chi connectivity index (χ1) is 9.99. The lowest BCUT2D eigenvalue weighted by atomic mass is 10.0. The standard InChI is InChI=1S/C15H21N3O3/c1-11-5-3-4-8-18(11)13-9-12(6-7-16-13)15(21)17(2)10-14(19)20/h6-7,9,11H,3-5,8,10H2,1-2H3,(H,19,20)/t11-/m0/s1. The van der Waals surface area contributed by atoms with E-state index in [9.17, 15) is 9.59 Å². The quantitative estimate of drug-likeness (QED) is 0.912. The van der Waals surface area contributed by atoms with Crippen molar-refractivity contribution in [1.82, 2.24) is 9.88 Å². The van der Waals surface area contributed by atoms with Crippen LogP contribution < -0.4 is 4.90 Å². The largest absolute Gasteiger partial charge is 0.480 e. The van der Waals surface area contributed by atoms with Crippen molar-refractivity contribution in [3.05, 3.63) is 23.9 Å². The van der Waals surface area contributed by atoms with E-state index in [0.29, 0.717) is 11.6 Å².